The van der Waals surface area contributed by atoms with Crippen LogP contribution in [-0.4, -0.2) is 11.0 Å². The second kappa shape index (κ2) is 3.39. The van der Waals surface area contributed by atoms with Crippen LogP contribution in [0.5, 0.6) is 0 Å². The molecule has 48 valence electrons. The highest BCUT2D eigenvalue weighted by Crippen LogP contribution is 2.31. The van der Waals surface area contributed by atoms with E-state index in [0.29, 0.717) is 0 Å². The van der Waals surface area contributed by atoms with Crippen LogP contribution in [0.2, 0.25) is 0 Å². The lowest BCUT2D eigenvalue weighted by molar-refractivity contribution is 0.651. The number of unbranched alkanes of at least 4 members (excludes halogenated alkanes) is 1. The van der Waals surface area contributed by atoms with Crippen LogP contribution in [0.15, 0.2) is 0 Å². The van der Waals surface area contributed by atoms with Crippen molar-refractivity contribution in [2.75, 3.05) is 5.75 Å². The van der Waals surface area contributed by atoms with Gasteiger partial charge >= 0.3 is 0 Å². The molecule has 0 unspecified atom stereocenters. The highest BCUT2D eigenvalue weighted by atomic mass is 32.2. The highest BCUT2D eigenvalue weighted by molar-refractivity contribution is 8.01. The summed E-state index contributed by atoms with van der Waals surface area (Å²) in [6.45, 7) is 2.27. The molecule has 0 aliphatic carbocycles. The number of thioether (sulfide) groups is 1. The maximum absolute atomic E-state index is 2.27. The maximum Gasteiger partial charge on any atom is 0.00549 e. The summed E-state index contributed by atoms with van der Waals surface area (Å²) in [5.74, 6) is 1.42. The van der Waals surface area contributed by atoms with Crippen LogP contribution in [0.1, 0.15) is 32.6 Å². The molecule has 0 amide bonds. The molecule has 1 heteroatoms. The quantitative estimate of drug-likeness (QED) is 0.566. The van der Waals surface area contributed by atoms with Gasteiger partial charge in [0.25, 0.3) is 0 Å². The molecule has 1 aliphatic rings. The first-order valence-electron chi connectivity index (χ1n) is 3.55. The lowest BCUT2D eigenvalue weighted by atomic mass is 10.1. The third-order valence-corrected chi connectivity index (χ3v) is 3.09. The average molecular weight is 130 g/mol. The van der Waals surface area contributed by atoms with Gasteiger partial charge in [-0.25, -0.2) is 0 Å². The first-order valence-corrected chi connectivity index (χ1v) is 4.60. The van der Waals surface area contributed by atoms with Crippen LogP contribution in [0, 0.1) is 0 Å². The van der Waals surface area contributed by atoms with E-state index in [4.69, 9.17) is 0 Å². The fraction of sp³-hybridized carbons (Fsp3) is 1.00. The standard InChI is InChI=1S/C7H14S/c1-2-3-4-7-5-6-8-7/h7H,2-6H2,1H3/t7-/m1/s1. The summed E-state index contributed by atoms with van der Waals surface area (Å²) in [5, 5.41) is 1.05. The molecule has 1 rings (SSSR count). The molecule has 1 aliphatic heterocycles. The van der Waals surface area contributed by atoms with Crippen LogP contribution in [-0.2, 0) is 0 Å². The van der Waals surface area contributed by atoms with Crippen LogP contribution < -0.4 is 0 Å². The molecule has 0 spiro atoms. The number of rotatable bonds is 3. The van der Waals surface area contributed by atoms with Crippen LogP contribution >= 0.6 is 11.8 Å². The van der Waals surface area contributed by atoms with Crippen molar-refractivity contribution in [3.63, 3.8) is 0 Å². The SMILES string of the molecule is CCCC[C@@H]1CCS1. The largest absolute Gasteiger partial charge is 0.159 e. The summed E-state index contributed by atoms with van der Waals surface area (Å²) >= 11 is 2.15. The molecule has 0 aromatic heterocycles. The van der Waals surface area contributed by atoms with E-state index in [1.165, 1.54) is 31.4 Å². The third kappa shape index (κ3) is 1.70. The van der Waals surface area contributed by atoms with E-state index >= 15 is 0 Å². The molecule has 0 nitrogen and oxygen atoms in total. The van der Waals surface area contributed by atoms with Crippen molar-refractivity contribution in [3.05, 3.63) is 0 Å². The summed E-state index contributed by atoms with van der Waals surface area (Å²) in [5.41, 5.74) is 0. The van der Waals surface area contributed by atoms with Crippen molar-refractivity contribution in [1.82, 2.24) is 0 Å². The Morgan fingerprint density at radius 3 is 2.75 bits per heavy atom. The minimum absolute atomic E-state index is 1.05. The van der Waals surface area contributed by atoms with E-state index in [9.17, 15) is 0 Å². The van der Waals surface area contributed by atoms with Gasteiger partial charge in [0.2, 0.25) is 0 Å². The summed E-state index contributed by atoms with van der Waals surface area (Å²) in [4.78, 5) is 0. The van der Waals surface area contributed by atoms with Gasteiger partial charge in [-0.1, -0.05) is 19.8 Å². The van der Waals surface area contributed by atoms with E-state index in [1.807, 2.05) is 0 Å². The summed E-state index contributed by atoms with van der Waals surface area (Å²) in [7, 11) is 0. The molecule has 0 aromatic carbocycles. The predicted octanol–water partition coefficient (Wildman–Crippen LogP) is 2.68. The molecular formula is C7H14S. The van der Waals surface area contributed by atoms with Gasteiger partial charge in [0.1, 0.15) is 0 Å². The Labute approximate surface area is 56.0 Å². The van der Waals surface area contributed by atoms with Crippen LogP contribution in [0.3, 0.4) is 0 Å². The number of hydrogen-bond donors (Lipinski definition) is 0. The Balaban J connectivity index is 1.86. The van der Waals surface area contributed by atoms with Crippen molar-refractivity contribution < 1.29 is 0 Å². The minimum atomic E-state index is 1.05. The molecule has 1 fully saturated rings. The van der Waals surface area contributed by atoms with Crippen LogP contribution in [0.4, 0.5) is 0 Å². The average Bonchev–Trinajstić information content (AvgIpc) is 1.63. The zero-order chi connectivity index (χ0) is 5.82. The van der Waals surface area contributed by atoms with Crippen LogP contribution in [0.25, 0.3) is 0 Å². The molecule has 0 aromatic rings. The second-order valence-corrected chi connectivity index (χ2v) is 3.83. The van der Waals surface area contributed by atoms with E-state index in [-0.39, 0.29) is 0 Å². The Bertz CT molecular complexity index is 57.4. The molecule has 1 heterocycles. The minimum Gasteiger partial charge on any atom is -0.159 e. The topological polar surface area (TPSA) is 0 Å². The van der Waals surface area contributed by atoms with Gasteiger partial charge in [0.15, 0.2) is 0 Å². The van der Waals surface area contributed by atoms with Crippen molar-refractivity contribution >= 4 is 11.8 Å². The Kier molecular flexibility index (Phi) is 2.74. The smallest absolute Gasteiger partial charge is 0.00549 e. The van der Waals surface area contributed by atoms with Crippen molar-refractivity contribution in [1.29, 1.82) is 0 Å². The van der Waals surface area contributed by atoms with E-state index in [1.54, 1.807) is 0 Å². The maximum atomic E-state index is 2.27. The van der Waals surface area contributed by atoms with Gasteiger partial charge in [-0.3, -0.25) is 0 Å². The Morgan fingerprint density at radius 1 is 1.62 bits per heavy atom. The highest BCUT2D eigenvalue weighted by Gasteiger charge is 2.16. The van der Waals surface area contributed by atoms with Gasteiger partial charge in [-0.15, -0.1) is 0 Å². The molecule has 0 saturated carbocycles. The summed E-state index contributed by atoms with van der Waals surface area (Å²) in [6, 6.07) is 0. The Morgan fingerprint density at radius 2 is 2.38 bits per heavy atom. The lowest BCUT2D eigenvalue weighted by Gasteiger charge is -2.24. The molecule has 8 heavy (non-hydrogen) atoms. The normalized spacial score (nSPS) is 27.4. The zero-order valence-electron chi connectivity index (χ0n) is 5.52. The predicted molar refractivity (Wildman–Crippen MR) is 40.4 cm³/mol. The zero-order valence-corrected chi connectivity index (χ0v) is 6.34. The fourth-order valence-electron chi connectivity index (χ4n) is 0.944. The molecule has 1 saturated heterocycles. The van der Waals surface area contributed by atoms with E-state index in [0.717, 1.165) is 5.25 Å². The summed E-state index contributed by atoms with van der Waals surface area (Å²) < 4.78 is 0. The number of hydrogen-bond acceptors (Lipinski definition) is 1. The van der Waals surface area contributed by atoms with Gasteiger partial charge in [-0.05, 0) is 18.6 Å². The van der Waals surface area contributed by atoms with Gasteiger partial charge in [0.05, 0.1) is 0 Å². The third-order valence-electron chi connectivity index (χ3n) is 1.67. The lowest BCUT2D eigenvalue weighted by Crippen LogP contribution is -2.14. The second-order valence-electron chi connectivity index (χ2n) is 2.42. The van der Waals surface area contributed by atoms with Gasteiger partial charge in [-0.2, -0.15) is 11.8 Å². The van der Waals surface area contributed by atoms with Crippen molar-refractivity contribution in [2.24, 2.45) is 0 Å². The van der Waals surface area contributed by atoms with E-state index in [2.05, 4.69) is 18.7 Å². The fourth-order valence-corrected chi connectivity index (χ4v) is 1.85. The molecule has 0 radical (unpaired) electrons. The molecule has 0 bridgehead atoms. The monoisotopic (exact) mass is 130 g/mol. The van der Waals surface area contributed by atoms with E-state index < -0.39 is 0 Å². The molecular weight excluding hydrogens is 116 g/mol. The van der Waals surface area contributed by atoms with Crippen molar-refractivity contribution in [2.45, 2.75) is 37.9 Å². The summed E-state index contributed by atoms with van der Waals surface area (Å²) in [6.07, 6.45) is 5.78. The molecule has 1 atom stereocenters. The van der Waals surface area contributed by atoms with Crippen molar-refractivity contribution in [3.8, 4) is 0 Å². The molecule has 0 N–H and O–H groups in total. The Hall–Kier alpha value is 0.350. The first kappa shape index (κ1) is 6.47. The first-order chi connectivity index (χ1) is 3.93. The van der Waals surface area contributed by atoms with Gasteiger partial charge < -0.3 is 0 Å². The van der Waals surface area contributed by atoms with Gasteiger partial charge in [0, 0.05) is 5.25 Å².